The molecule has 3 rings (SSSR count). The van der Waals surface area contributed by atoms with Crippen molar-refractivity contribution < 1.29 is 13.2 Å². The molecule has 5 heteroatoms. The number of aryl methyl sites for hydroxylation is 2. The van der Waals surface area contributed by atoms with Crippen molar-refractivity contribution in [2.24, 2.45) is 0 Å². The summed E-state index contributed by atoms with van der Waals surface area (Å²) in [6, 6.07) is 11.7. The van der Waals surface area contributed by atoms with Crippen molar-refractivity contribution >= 4 is 0 Å². The van der Waals surface area contributed by atoms with Crippen molar-refractivity contribution in [3.05, 3.63) is 70.3 Å². The van der Waals surface area contributed by atoms with Crippen LogP contribution in [-0.2, 0) is 6.18 Å². The summed E-state index contributed by atoms with van der Waals surface area (Å²) in [5, 5.41) is 3.34. The molecule has 0 aliphatic carbocycles. The van der Waals surface area contributed by atoms with Crippen LogP contribution >= 0.6 is 0 Å². The fraction of sp³-hybridized carbons (Fsp3) is 0.429. The second-order valence-electron chi connectivity index (χ2n) is 7.05. The number of rotatable bonds is 3. The molecule has 0 saturated carbocycles. The molecule has 1 aliphatic heterocycles. The van der Waals surface area contributed by atoms with E-state index in [4.69, 9.17) is 0 Å². The second kappa shape index (κ2) is 7.80. The maximum Gasteiger partial charge on any atom is 0.416 e. The molecule has 2 aromatic rings. The van der Waals surface area contributed by atoms with Crippen LogP contribution in [-0.4, -0.2) is 31.1 Å². The van der Waals surface area contributed by atoms with Crippen LogP contribution in [0.1, 0.15) is 40.3 Å². The quantitative estimate of drug-likeness (QED) is 0.851. The first-order valence-corrected chi connectivity index (χ1v) is 9.05. The van der Waals surface area contributed by atoms with Crippen molar-refractivity contribution in [2.45, 2.75) is 32.5 Å². The van der Waals surface area contributed by atoms with Gasteiger partial charge in [0.05, 0.1) is 11.6 Å². The van der Waals surface area contributed by atoms with Gasteiger partial charge in [0.1, 0.15) is 0 Å². The summed E-state index contributed by atoms with van der Waals surface area (Å²) < 4.78 is 41.1. The summed E-state index contributed by atoms with van der Waals surface area (Å²) in [6.45, 7) is 7.17. The Morgan fingerprint density at radius 1 is 0.962 bits per heavy atom. The number of nitrogens with one attached hydrogen (secondary N) is 1. The fourth-order valence-electron chi connectivity index (χ4n) is 3.87. The van der Waals surface area contributed by atoms with Gasteiger partial charge >= 0.3 is 6.18 Å². The molecule has 1 aliphatic rings. The molecular formula is C21H25F3N2. The molecule has 1 fully saturated rings. The zero-order valence-corrected chi connectivity index (χ0v) is 15.2. The number of hydrogen-bond acceptors (Lipinski definition) is 2. The molecular weight excluding hydrogens is 337 g/mol. The molecule has 1 saturated heterocycles. The van der Waals surface area contributed by atoms with Gasteiger partial charge < -0.3 is 5.32 Å². The summed E-state index contributed by atoms with van der Waals surface area (Å²) in [4.78, 5) is 2.18. The molecule has 1 heterocycles. The Hall–Kier alpha value is -1.85. The van der Waals surface area contributed by atoms with Crippen LogP contribution in [0.2, 0.25) is 0 Å². The minimum Gasteiger partial charge on any atom is -0.315 e. The molecule has 0 aromatic heterocycles. The monoisotopic (exact) mass is 362 g/mol. The summed E-state index contributed by atoms with van der Waals surface area (Å²) in [6.07, 6.45) is -3.44. The van der Waals surface area contributed by atoms with Crippen LogP contribution in [0.25, 0.3) is 0 Å². The molecule has 0 spiro atoms. The van der Waals surface area contributed by atoms with E-state index in [2.05, 4.69) is 16.3 Å². The zero-order valence-electron chi connectivity index (χ0n) is 15.2. The molecule has 0 bridgehead atoms. The molecule has 1 atom stereocenters. The average Bonchev–Trinajstić information content (AvgIpc) is 2.83. The van der Waals surface area contributed by atoms with Gasteiger partial charge in [0.15, 0.2) is 0 Å². The standard InChI is InChI=1S/C21H25F3N2/c1-15-12-16(2)14-17(13-15)20(26-10-5-8-25-9-11-26)18-6-3-4-7-19(18)21(22,23)24/h3-4,6-7,12-14,20,25H,5,8-11H2,1-2H3. The Morgan fingerprint density at radius 2 is 1.65 bits per heavy atom. The van der Waals surface area contributed by atoms with Crippen LogP contribution in [0.15, 0.2) is 42.5 Å². The van der Waals surface area contributed by atoms with Crippen LogP contribution in [0.4, 0.5) is 13.2 Å². The molecule has 140 valence electrons. The fourth-order valence-corrected chi connectivity index (χ4v) is 3.87. The van der Waals surface area contributed by atoms with E-state index in [-0.39, 0.29) is 0 Å². The summed E-state index contributed by atoms with van der Waals surface area (Å²) >= 11 is 0. The topological polar surface area (TPSA) is 15.3 Å². The third-order valence-electron chi connectivity index (χ3n) is 4.86. The molecule has 26 heavy (non-hydrogen) atoms. The van der Waals surface area contributed by atoms with Crippen molar-refractivity contribution in [3.8, 4) is 0 Å². The first-order valence-electron chi connectivity index (χ1n) is 9.05. The molecule has 1 N–H and O–H groups in total. The highest BCUT2D eigenvalue weighted by Crippen LogP contribution is 2.39. The lowest BCUT2D eigenvalue weighted by atomic mass is 9.90. The minimum atomic E-state index is -4.36. The van der Waals surface area contributed by atoms with Gasteiger partial charge in [0.2, 0.25) is 0 Å². The van der Waals surface area contributed by atoms with Crippen molar-refractivity contribution in [2.75, 3.05) is 26.2 Å². The van der Waals surface area contributed by atoms with Gasteiger partial charge in [0.25, 0.3) is 0 Å². The van der Waals surface area contributed by atoms with Gasteiger partial charge in [-0.25, -0.2) is 0 Å². The van der Waals surface area contributed by atoms with Gasteiger partial charge in [-0.1, -0.05) is 47.5 Å². The van der Waals surface area contributed by atoms with E-state index >= 15 is 0 Å². The minimum absolute atomic E-state index is 0.340. The van der Waals surface area contributed by atoms with Crippen LogP contribution in [0.3, 0.4) is 0 Å². The third kappa shape index (κ3) is 4.27. The summed E-state index contributed by atoms with van der Waals surface area (Å²) in [7, 11) is 0. The van der Waals surface area contributed by atoms with Crippen LogP contribution in [0, 0.1) is 13.8 Å². The van der Waals surface area contributed by atoms with Gasteiger partial charge in [-0.15, -0.1) is 0 Å². The summed E-state index contributed by atoms with van der Waals surface area (Å²) in [5.74, 6) is 0. The predicted octanol–water partition coefficient (Wildman–Crippen LogP) is 4.71. The van der Waals surface area contributed by atoms with E-state index in [0.29, 0.717) is 5.56 Å². The zero-order chi connectivity index (χ0) is 18.7. The molecule has 2 nitrogen and oxygen atoms in total. The first-order chi connectivity index (χ1) is 12.4. The van der Waals surface area contributed by atoms with Crippen LogP contribution in [0.5, 0.6) is 0 Å². The van der Waals surface area contributed by atoms with E-state index < -0.39 is 17.8 Å². The van der Waals surface area contributed by atoms with Gasteiger partial charge in [-0.05, 0) is 44.0 Å². The van der Waals surface area contributed by atoms with Crippen LogP contribution < -0.4 is 5.32 Å². The summed E-state index contributed by atoms with van der Waals surface area (Å²) in [5.41, 5.74) is 2.87. The van der Waals surface area contributed by atoms with Gasteiger partial charge in [-0.3, -0.25) is 4.90 Å². The number of alkyl halides is 3. The Bertz CT molecular complexity index is 727. The smallest absolute Gasteiger partial charge is 0.315 e. The highest BCUT2D eigenvalue weighted by atomic mass is 19.4. The Labute approximate surface area is 153 Å². The maximum atomic E-state index is 13.7. The van der Waals surface area contributed by atoms with E-state index in [1.165, 1.54) is 12.1 Å². The van der Waals surface area contributed by atoms with E-state index in [1.807, 2.05) is 26.0 Å². The molecule has 1 unspecified atom stereocenters. The highest BCUT2D eigenvalue weighted by Gasteiger charge is 2.37. The van der Waals surface area contributed by atoms with E-state index in [9.17, 15) is 13.2 Å². The molecule has 0 radical (unpaired) electrons. The molecule has 2 aromatic carbocycles. The number of benzene rings is 2. The SMILES string of the molecule is Cc1cc(C)cc(C(c2ccccc2C(F)(F)F)N2CCCNCC2)c1. The Morgan fingerprint density at radius 3 is 2.35 bits per heavy atom. The largest absolute Gasteiger partial charge is 0.416 e. The lowest BCUT2D eigenvalue weighted by Gasteiger charge is -2.33. The third-order valence-corrected chi connectivity index (χ3v) is 4.86. The van der Waals surface area contributed by atoms with Crippen molar-refractivity contribution in [3.63, 3.8) is 0 Å². The van der Waals surface area contributed by atoms with Gasteiger partial charge in [-0.2, -0.15) is 13.2 Å². The predicted molar refractivity (Wildman–Crippen MR) is 98.3 cm³/mol. The maximum absolute atomic E-state index is 13.7. The van der Waals surface area contributed by atoms with Crippen molar-refractivity contribution in [1.29, 1.82) is 0 Å². The average molecular weight is 362 g/mol. The molecule has 0 amide bonds. The lowest BCUT2D eigenvalue weighted by Crippen LogP contribution is -2.34. The Kier molecular flexibility index (Phi) is 5.68. The van der Waals surface area contributed by atoms with E-state index in [1.54, 1.807) is 12.1 Å². The lowest BCUT2D eigenvalue weighted by molar-refractivity contribution is -0.138. The first kappa shape index (κ1) is 18.9. The van der Waals surface area contributed by atoms with E-state index in [0.717, 1.165) is 49.3 Å². The number of nitrogens with zero attached hydrogens (tertiary/aromatic N) is 1. The Balaban J connectivity index is 2.15. The van der Waals surface area contributed by atoms with Crippen molar-refractivity contribution in [1.82, 2.24) is 10.2 Å². The second-order valence-corrected chi connectivity index (χ2v) is 7.05. The van der Waals surface area contributed by atoms with Gasteiger partial charge in [0, 0.05) is 19.6 Å². The number of halogens is 3. The number of hydrogen-bond donors (Lipinski definition) is 1. The highest BCUT2D eigenvalue weighted by molar-refractivity contribution is 5.41. The normalized spacial score (nSPS) is 17.7.